The molecule has 11 heteroatoms. The van der Waals surface area contributed by atoms with E-state index in [9.17, 15) is 22.8 Å². The van der Waals surface area contributed by atoms with Gasteiger partial charge in [0, 0.05) is 4.75 Å². The standard InChI is InChI=1S/C10H18N2O3S.C2HF3O2/c1-2-12-5-3-10(16,4-6-12)8(9(14)15)11-7-13;3-2(4,5)1(6)7/h7-8,16H,2-6H2,1H3,(H,11,13)(H,14,15);(H,6,7)/t8-;/m1./s1. The van der Waals surface area contributed by atoms with Crippen LogP contribution in [-0.2, 0) is 14.4 Å². The van der Waals surface area contributed by atoms with Crippen LogP contribution in [0.5, 0.6) is 0 Å². The number of halogens is 3. The number of thiol groups is 1. The molecule has 1 aliphatic heterocycles. The van der Waals surface area contributed by atoms with E-state index in [4.69, 9.17) is 15.0 Å². The predicted octanol–water partition coefficient (Wildman–Crippen LogP) is 0.603. The molecule has 0 unspecified atom stereocenters. The van der Waals surface area contributed by atoms with Crippen molar-refractivity contribution in [1.29, 1.82) is 0 Å². The highest BCUT2D eigenvalue weighted by molar-refractivity contribution is 7.82. The van der Waals surface area contributed by atoms with Gasteiger partial charge in [-0.1, -0.05) is 6.92 Å². The summed E-state index contributed by atoms with van der Waals surface area (Å²) in [6.45, 7) is 4.68. The summed E-state index contributed by atoms with van der Waals surface area (Å²) in [6.07, 6.45) is -3.31. The Kier molecular flexibility index (Phi) is 8.38. The number of carboxylic acid groups (broad SMARTS) is 2. The number of rotatable bonds is 5. The lowest BCUT2D eigenvalue weighted by molar-refractivity contribution is -0.192. The molecule has 0 aromatic carbocycles. The van der Waals surface area contributed by atoms with E-state index < -0.39 is 28.9 Å². The average Bonchev–Trinajstić information content (AvgIpc) is 2.44. The molecular formula is C12H19F3N2O5S. The minimum atomic E-state index is -5.08. The lowest BCUT2D eigenvalue weighted by Gasteiger charge is -2.41. The Hall–Kier alpha value is -1.49. The van der Waals surface area contributed by atoms with Crippen molar-refractivity contribution in [3.05, 3.63) is 0 Å². The number of nitrogens with zero attached hydrogens (tertiary/aromatic N) is 1. The van der Waals surface area contributed by atoms with Crippen molar-refractivity contribution in [2.75, 3.05) is 19.6 Å². The second-order valence-corrected chi connectivity index (χ2v) is 5.79. The number of carbonyl (C=O) groups is 3. The quantitative estimate of drug-likeness (QED) is 0.423. The minimum Gasteiger partial charge on any atom is -0.480 e. The Morgan fingerprint density at radius 3 is 2.04 bits per heavy atom. The van der Waals surface area contributed by atoms with Crippen molar-refractivity contribution in [3.63, 3.8) is 0 Å². The zero-order valence-electron chi connectivity index (χ0n) is 12.3. The van der Waals surface area contributed by atoms with Crippen LogP contribution >= 0.6 is 12.6 Å². The molecule has 0 aliphatic carbocycles. The Labute approximate surface area is 136 Å². The van der Waals surface area contributed by atoms with Gasteiger partial charge in [-0.2, -0.15) is 25.8 Å². The fourth-order valence-corrected chi connectivity index (χ4v) is 2.45. The van der Waals surface area contributed by atoms with Gasteiger partial charge in [-0.15, -0.1) is 0 Å². The molecule has 1 heterocycles. The summed E-state index contributed by atoms with van der Waals surface area (Å²) < 4.78 is 31.1. The molecule has 0 aromatic rings. The number of alkyl halides is 3. The minimum absolute atomic E-state index is 0.433. The zero-order chi connectivity index (χ0) is 18.3. The van der Waals surface area contributed by atoms with Gasteiger partial charge < -0.3 is 20.4 Å². The monoisotopic (exact) mass is 360 g/mol. The Morgan fingerprint density at radius 1 is 1.35 bits per heavy atom. The molecule has 1 amide bonds. The van der Waals surface area contributed by atoms with E-state index in [1.165, 1.54) is 0 Å². The third kappa shape index (κ3) is 7.08. The van der Waals surface area contributed by atoms with Crippen molar-refractivity contribution >= 4 is 31.0 Å². The van der Waals surface area contributed by atoms with Crippen molar-refractivity contribution in [2.24, 2.45) is 0 Å². The van der Waals surface area contributed by atoms with Crippen LogP contribution in [0, 0.1) is 0 Å². The number of piperidine rings is 1. The van der Waals surface area contributed by atoms with Gasteiger partial charge in [-0.3, -0.25) is 4.79 Å². The van der Waals surface area contributed by atoms with E-state index in [0.29, 0.717) is 19.3 Å². The number of hydrogen-bond acceptors (Lipinski definition) is 5. The van der Waals surface area contributed by atoms with E-state index in [1.54, 1.807) is 0 Å². The highest BCUT2D eigenvalue weighted by Gasteiger charge is 2.42. The topological polar surface area (TPSA) is 107 Å². The highest BCUT2D eigenvalue weighted by atomic mass is 32.1. The number of aliphatic carboxylic acids is 2. The van der Waals surface area contributed by atoms with E-state index in [0.717, 1.165) is 19.6 Å². The van der Waals surface area contributed by atoms with Crippen LogP contribution in [0.4, 0.5) is 13.2 Å². The second kappa shape index (κ2) is 8.96. The van der Waals surface area contributed by atoms with E-state index in [-0.39, 0.29) is 0 Å². The van der Waals surface area contributed by atoms with Crippen LogP contribution in [0.1, 0.15) is 19.8 Å². The molecular weight excluding hydrogens is 341 g/mol. The molecule has 23 heavy (non-hydrogen) atoms. The van der Waals surface area contributed by atoms with Crippen molar-refractivity contribution < 1.29 is 37.8 Å². The van der Waals surface area contributed by atoms with Crippen molar-refractivity contribution in [2.45, 2.75) is 36.7 Å². The van der Waals surface area contributed by atoms with Gasteiger partial charge in [-0.05, 0) is 32.5 Å². The molecule has 0 aromatic heterocycles. The molecule has 7 nitrogen and oxygen atoms in total. The lowest BCUT2D eigenvalue weighted by Crippen LogP contribution is -2.56. The van der Waals surface area contributed by atoms with Gasteiger partial charge in [-0.25, -0.2) is 9.59 Å². The van der Waals surface area contributed by atoms with Crippen LogP contribution in [0.3, 0.4) is 0 Å². The van der Waals surface area contributed by atoms with Gasteiger partial charge in [0.15, 0.2) is 0 Å². The summed E-state index contributed by atoms with van der Waals surface area (Å²) in [5.74, 6) is -3.78. The lowest BCUT2D eigenvalue weighted by atomic mass is 9.88. The third-order valence-corrected chi connectivity index (χ3v) is 4.14. The van der Waals surface area contributed by atoms with Gasteiger partial charge >= 0.3 is 18.1 Å². The van der Waals surface area contributed by atoms with Gasteiger partial charge in [0.2, 0.25) is 6.41 Å². The molecule has 1 saturated heterocycles. The van der Waals surface area contributed by atoms with E-state index in [2.05, 4.69) is 29.8 Å². The number of nitrogens with one attached hydrogen (secondary N) is 1. The summed E-state index contributed by atoms with van der Waals surface area (Å²) in [6, 6.07) is -0.910. The maximum absolute atomic E-state index is 11.1. The molecule has 1 rings (SSSR count). The Bertz CT molecular complexity index is 425. The maximum Gasteiger partial charge on any atom is 0.490 e. The largest absolute Gasteiger partial charge is 0.490 e. The number of likely N-dealkylation sites (tertiary alicyclic amines) is 1. The molecule has 134 valence electrons. The van der Waals surface area contributed by atoms with Crippen molar-refractivity contribution in [3.8, 4) is 0 Å². The number of amides is 1. The number of hydrogen-bond donors (Lipinski definition) is 4. The predicted molar refractivity (Wildman–Crippen MR) is 77.4 cm³/mol. The molecule has 0 spiro atoms. The molecule has 1 atom stereocenters. The first-order valence-corrected chi connectivity index (χ1v) is 7.10. The first kappa shape index (κ1) is 21.5. The van der Waals surface area contributed by atoms with Crippen LogP contribution < -0.4 is 5.32 Å². The maximum atomic E-state index is 11.1. The van der Waals surface area contributed by atoms with Gasteiger partial charge in [0.25, 0.3) is 0 Å². The van der Waals surface area contributed by atoms with Gasteiger partial charge in [0.05, 0.1) is 0 Å². The van der Waals surface area contributed by atoms with E-state index >= 15 is 0 Å². The highest BCUT2D eigenvalue weighted by Crippen LogP contribution is 2.32. The molecule has 1 aliphatic rings. The van der Waals surface area contributed by atoms with Crippen molar-refractivity contribution in [1.82, 2.24) is 10.2 Å². The Balaban J connectivity index is 0.000000585. The van der Waals surface area contributed by atoms with Crippen LogP contribution in [0.25, 0.3) is 0 Å². The van der Waals surface area contributed by atoms with Crippen LogP contribution in [0.15, 0.2) is 0 Å². The van der Waals surface area contributed by atoms with E-state index in [1.807, 2.05) is 0 Å². The van der Waals surface area contributed by atoms with Gasteiger partial charge in [0.1, 0.15) is 6.04 Å². The summed E-state index contributed by atoms with van der Waals surface area (Å²) in [5, 5.41) is 18.5. The summed E-state index contributed by atoms with van der Waals surface area (Å²) in [4.78, 5) is 32.6. The smallest absolute Gasteiger partial charge is 0.480 e. The summed E-state index contributed by atoms with van der Waals surface area (Å²) in [5.41, 5.74) is 0. The SMILES string of the molecule is CCN1CCC(S)([C@H](NC=O)C(=O)O)CC1.O=C(O)C(F)(F)F. The number of carboxylic acids is 2. The average molecular weight is 360 g/mol. The van der Waals surface area contributed by atoms with Crippen LogP contribution in [-0.4, -0.2) is 70.1 Å². The molecule has 3 N–H and O–H groups in total. The number of carbonyl (C=O) groups excluding carboxylic acids is 1. The third-order valence-electron chi connectivity index (χ3n) is 3.43. The van der Waals surface area contributed by atoms with Crippen LogP contribution in [0.2, 0.25) is 0 Å². The zero-order valence-corrected chi connectivity index (χ0v) is 13.2. The Morgan fingerprint density at radius 2 is 1.78 bits per heavy atom. The molecule has 0 radical (unpaired) electrons. The first-order chi connectivity index (χ1) is 10.5. The molecule has 0 bridgehead atoms. The fourth-order valence-electron chi connectivity index (χ4n) is 2.07. The summed E-state index contributed by atoms with van der Waals surface area (Å²) >= 11 is 4.47. The molecule has 0 saturated carbocycles. The second-order valence-electron chi connectivity index (χ2n) is 4.90. The fraction of sp³-hybridized carbons (Fsp3) is 0.750. The first-order valence-electron chi connectivity index (χ1n) is 6.65. The summed E-state index contributed by atoms with van der Waals surface area (Å²) in [7, 11) is 0. The molecule has 1 fully saturated rings. The normalized spacial score (nSPS) is 19.0.